The van der Waals surface area contributed by atoms with Crippen LogP contribution in [0.4, 0.5) is 13.2 Å². The van der Waals surface area contributed by atoms with Gasteiger partial charge >= 0.3 is 35.7 Å². The van der Waals surface area contributed by atoms with Crippen LogP contribution in [0.25, 0.3) is 0 Å². The molecule has 0 amide bonds. The molecule has 62 valence electrons. The van der Waals surface area contributed by atoms with Gasteiger partial charge < -0.3 is 4.55 Å². The Morgan fingerprint density at radius 2 is 1.64 bits per heavy atom. The van der Waals surface area contributed by atoms with Crippen LogP contribution < -0.4 is 29.6 Å². The molecule has 0 bridgehead atoms. The van der Waals surface area contributed by atoms with Gasteiger partial charge in [-0.2, -0.15) is 13.2 Å². The zero-order chi connectivity index (χ0) is 8.41. The minimum Gasteiger partial charge on any atom is -0.748 e. The smallest absolute Gasteiger partial charge is 0.748 e. The summed E-state index contributed by atoms with van der Waals surface area (Å²) in [6.07, 6.45) is -6.14. The Morgan fingerprint density at radius 3 is 1.73 bits per heavy atom. The van der Waals surface area contributed by atoms with Crippen molar-refractivity contribution >= 4 is 10.1 Å². The second-order valence-electron chi connectivity index (χ2n) is 1.63. The van der Waals surface area contributed by atoms with Crippen molar-refractivity contribution in [1.82, 2.24) is 0 Å². The van der Waals surface area contributed by atoms with Crippen LogP contribution in [-0.2, 0) is 10.1 Å². The fourth-order valence-corrected chi connectivity index (χ4v) is 0.722. The summed E-state index contributed by atoms with van der Waals surface area (Å²) in [6.45, 7) is 0. The predicted molar refractivity (Wildman–Crippen MR) is 25.2 cm³/mol. The van der Waals surface area contributed by atoms with E-state index >= 15 is 0 Å². The Labute approximate surface area is 84.0 Å². The van der Waals surface area contributed by atoms with Gasteiger partial charge in [0.1, 0.15) is 0 Å². The molecule has 0 radical (unpaired) electrons. The fraction of sp³-hybridized carbons (Fsp3) is 1.00. The molecule has 0 aromatic carbocycles. The summed E-state index contributed by atoms with van der Waals surface area (Å²) >= 11 is 0. The van der Waals surface area contributed by atoms with Gasteiger partial charge in [-0.25, -0.2) is 8.42 Å². The van der Waals surface area contributed by atoms with Crippen LogP contribution in [0, 0.1) is 0 Å². The summed E-state index contributed by atoms with van der Waals surface area (Å²) in [4.78, 5) is 0. The molecule has 0 unspecified atom stereocenters. The second kappa shape index (κ2) is 4.66. The maximum Gasteiger partial charge on any atom is 1.00 e. The molecule has 0 aliphatic heterocycles. The number of halogens is 3. The largest absolute Gasteiger partial charge is 1.00 e. The standard InChI is InChI=1S/C3H5F3O3S.Na/c4-3(5,6)1-2-10(7,8)9;/h1-2H2,(H,7,8,9);/q;+1/p-1. The molecule has 3 nitrogen and oxygen atoms in total. The Balaban J connectivity index is 0. The van der Waals surface area contributed by atoms with E-state index in [4.69, 9.17) is 0 Å². The van der Waals surface area contributed by atoms with Gasteiger partial charge in [0.05, 0.1) is 16.5 Å². The van der Waals surface area contributed by atoms with E-state index in [1.807, 2.05) is 0 Å². The van der Waals surface area contributed by atoms with E-state index < -0.39 is 28.5 Å². The molecule has 11 heavy (non-hydrogen) atoms. The molecular formula is C3H4F3NaO3S. The first-order valence-corrected chi connectivity index (χ1v) is 3.79. The zero-order valence-electron chi connectivity index (χ0n) is 5.68. The molecule has 0 aromatic rings. The molecule has 0 saturated heterocycles. The maximum absolute atomic E-state index is 11.2. The molecule has 0 aromatic heterocycles. The molecule has 0 aliphatic rings. The van der Waals surface area contributed by atoms with Gasteiger partial charge in [0.2, 0.25) is 0 Å². The van der Waals surface area contributed by atoms with E-state index in [-0.39, 0.29) is 29.6 Å². The van der Waals surface area contributed by atoms with Crippen LogP contribution in [0.15, 0.2) is 0 Å². The van der Waals surface area contributed by atoms with E-state index in [1.54, 1.807) is 0 Å². The van der Waals surface area contributed by atoms with E-state index in [1.165, 1.54) is 0 Å². The van der Waals surface area contributed by atoms with Gasteiger partial charge in [0.25, 0.3) is 0 Å². The van der Waals surface area contributed by atoms with Gasteiger partial charge in [0.15, 0.2) is 0 Å². The van der Waals surface area contributed by atoms with Gasteiger partial charge in [0, 0.05) is 5.75 Å². The van der Waals surface area contributed by atoms with Crippen LogP contribution in [0.3, 0.4) is 0 Å². The first kappa shape index (κ1) is 14.2. The molecule has 0 saturated carbocycles. The second-order valence-corrected chi connectivity index (χ2v) is 3.15. The Kier molecular flexibility index (Phi) is 6.03. The Bertz CT molecular complexity index is 196. The van der Waals surface area contributed by atoms with Crippen LogP contribution >= 0.6 is 0 Å². The zero-order valence-corrected chi connectivity index (χ0v) is 8.50. The molecule has 0 aliphatic carbocycles. The van der Waals surface area contributed by atoms with E-state index in [9.17, 15) is 26.1 Å². The molecule has 8 heteroatoms. The SMILES string of the molecule is O=S(=O)([O-])CCC(F)(F)F.[Na+]. The average Bonchev–Trinajstić information content (AvgIpc) is 1.57. The fourth-order valence-electron chi connectivity index (χ4n) is 0.241. The summed E-state index contributed by atoms with van der Waals surface area (Å²) in [5, 5.41) is 0. The van der Waals surface area contributed by atoms with E-state index in [0.29, 0.717) is 0 Å². The normalized spacial score (nSPS) is 12.4. The molecule has 0 heterocycles. The number of hydrogen-bond donors (Lipinski definition) is 0. The van der Waals surface area contributed by atoms with Gasteiger partial charge in [-0.3, -0.25) is 0 Å². The maximum atomic E-state index is 11.2. The molecular weight excluding hydrogens is 196 g/mol. The van der Waals surface area contributed by atoms with Gasteiger partial charge in [-0.1, -0.05) is 0 Å². The van der Waals surface area contributed by atoms with Gasteiger partial charge in [-0.05, 0) is 0 Å². The van der Waals surface area contributed by atoms with Crippen molar-refractivity contribution in [2.45, 2.75) is 12.6 Å². The molecule has 0 atom stereocenters. The van der Waals surface area contributed by atoms with Gasteiger partial charge in [-0.15, -0.1) is 0 Å². The minimum absolute atomic E-state index is 0. The quantitative estimate of drug-likeness (QED) is 0.365. The van der Waals surface area contributed by atoms with Crippen LogP contribution in [0.2, 0.25) is 0 Å². The van der Waals surface area contributed by atoms with Crippen LogP contribution in [-0.4, -0.2) is 24.9 Å². The summed E-state index contributed by atoms with van der Waals surface area (Å²) in [6, 6.07) is 0. The average molecular weight is 200 g/mol. The molecule has 0 rings (SSSR count). The first-order valence-electron chi connectivity index (χ1n) is 2.21. The molecule has 0 N–H and O–H groups in total. The third kappa shape index (κ3) is 13.7. The van der Waals surface area contributed by atoms with Crippen LogP contribution in [0.1, 0.15) is 6.42 Å². The summed E-state index contributed by atoms with van der Waals surface area (Å²) in [5.74, 6) is -1.38. The van der Waals surface area contributed by atoms with Crippen molar-refractivity contribution in [3.8, 4) is 0 Å². The van der Waals surface area contributed by atoms with E-state index in [2.05, 4.69) is 0 Å². The third-order valence-corrected chi connectivity index (χ3v) is 1.34. The molecule has 0 spiro atoms. The number of hydrogen-bond acceptors (Lipinski definition) is 3. The number of alkyl halides is 3. The van der Waals surface area contributed by atoms with Crippen molar-refractivity contribution in [2.24, 2.45) is 0 Å². The first-order chi connectivity index (χ1) is 4.21. The van der Waals surface area contributed by atoms with Crippen molar-refractivity contribution in [2.75, 3.05) is 5.75 Å². The minimum atomic E-state index is -4.73. The van der Waals surface area contributed by atoms with Crippen molar-refractivity contribution in [3.05, 3.63) is 0 Å². The predicted octanol–water partition coefficient (Wildman–Crippen LogP) is -2.51. The Morgan fingerprint density at radius 1 is 1.27 bits per heavy atom. The Hall–Kier alpha value is 0.700. The van der Waals surface area contributed by atoms with Crippen LogP contribution in [0.5, 0.6) is 0 Å². The van der Waals surface area contributed by atoms with Crippen molar-refractivity contribution in [1.29, 1.82) is 0 Å². The third-order valence-electron chi connectivity index (χ3n) is 0.636. The van der Waals surface area contributed by atoms with Crippen molar-refractivity contribution < 1.29 is 55.7 Å². The summed E-state index contributed by atoms with van der Waals surface area (Å²) in [5.41, 5.74) is 0. The van der Waals surface area contributed by atoms with Crippen molar-refractivity contribution in [3.63, 3.8) is 0 Å². The topological polar surface area (TPSA) is 57.2 Å². The monoisotopic (exact) mass is 200 g/mol. The summed E-state index contributed by atoms with van der Waals surface area (Å²) in [7, 11) is -4.73. The number of rotatable bonds is 2. The summed E-state index contributed by atoms with van der Waals surface area (Å²) < 4.78 is 62.4. The molecule has 0 fully saturated rings. The van der Waals surface area contributed by atoms with E-state index in [0.717, 1.165) is 0 Å².